The Kier molecular flexibility index (Phi) is 5.57. The maximum absolute atomic E-state index is 3.85. The summed E-state index contributed by atoms with van der Waals surface area (Å²) >= 11 is 0. The molecule has 2 saturated carbocycles. The van der Waals surface area contributed by atoms with Gasteiger partial charge in [-0.25, -0.2) is 0 Å². The molecule has 0 heterocycles. The number of rotatable bonds is 7. The second kappa shape index (κ2) is 8.87. The van der Waals surface area contributed by atoms with Gasteiger partial charge < -0.3 is 0 Å². The van der Waals surface area contributed by atoms with Gasteiger partial charge in [0, 0.05) is 22.9 Å². The molecule has 6 rings (SSSR count). The first-order valence-corrected chi connectivity index (χ1v) is 12.6. The van der Waals surface area contributed by atoms with Gasteiger partial charge >= 0.3 is 0 Å². The van der Waals surface area contributed by atoms with Crippen LogP contribution < -0.4 is 10.9 Å². The Bertz CT molecular complexity index is 1030. The SMILES string of the molecule is c1ccc(C2(c3ccccc3)CCC2NNC2CCC2(c2ccccc2)c2ccccc2)cc1. The van der Waals surface area contributed by atoms with E-state index in [-0.39, 0.29) is 10.8 Å². The summed E-state index contributed by atoms with van der Waals surface area (Å²) in [4.78, 5) is 0. The summed E-state index contributed by atoms with van der Waals surface area (Å²) in [7, 11) is 0. The molecule has 0 bridgehead atoms. The number of nitrogens with one attached hydrogen (secondary N) is 2. The molecule has 2 aliphatic carbocycles. The van der Waals surface area contributed by atoms with E-state index in [2.05, 4.69) is 132 Å². The highest BCUT2D eigenvalue weighted by Crippen LogP contribution is 2.51. The van der Waals surface area contributed by atoms with Gasteiger partial charge in [-0.05, 0) is 47.9 Å². The van der Waals surface area contributed by atoms with Gasteiger partial charge in [-0.3, -0.25) is 10.9 Å². The molecule has 2 N–H and O–H groups in total. The lowest BCUT2D eigenvalue weighted by Crippen LogP contribution is -2.67. The Morgan fingerprint density at radius 1 is 0.412 bits per heavy atom. The molecule has 2 aliphatic rings. The van der Waals surface area contributed by atoms with E-state index >= 15 is 0 Å². The van der Waals surface area contributed by atoms with Crippen LogP contribution in [0.25, 0.3) is 0 Å². The standard InChI is InChI=1S/C32H32N2/c1-5-13-25(14-6-1)31(26-15-7-2-8-16-26)23-21-29(31)33-34-30-22-24-32(30,27-17-9-3-10-18-27)28-19-11-4-12-20-28/h1-20,29-30,33-34H,21-24H2. The minimum absolute atomic E-state index is 0.00141. The summed E-state index contributed by atoms with van der Waals surface area (Å²) in [5, 5.41) is 0. The lowest BCUT2D eigenvalue weighted by Gasteiger charge is -2.55. The highest BCUT2D eigenvalue weighted by molar-refractivity contribution is 5.46. The fourth-order valence-corrected chi connectivity index (χ4v) is 6.40. The lowest BCUT2D eigenvalue weighted by molar-refractivity contribution is 0.119. The first-order valence-electron chi connectivity index (χ1n) is 12.6. The molecular weight excluding hydrogens is 412 g/mol. The zero-order valence-electron chi connectivity index (χ0n) is 19.5. The van der Waals surface area contributed by atoms with Gasteiger partial charge in [0.15, 0.2) is 0 Å². The van der Waals surface area contributed by atoms with Gasteiger partial charge in [0.25, 0.3) is 0 Å². The van der Waals surface area contributed by atoms with Crippen molar-refractivity contribution in [1.82, 2.24) is 10.9 Å². The average Bonchev–Trinajstić information content (AvgIpc) is 2.88. The van der Waals surface area contributed by atoms with Crippen molar-refractivity contribution in [3.05, 3.63) is 144 Å². The molecule has 4 aromatic carbocycles. The second-order valence-electron chi connectivity index (χ2n) is 9.88. The zero-order valence-corrected chi connectivity index (χ0v) is 19.5. The molecule has 2 fully saturated rings. The van der Waals surface area contributed by atoms with Crippen LogP contribution in [0.5, 0.6) is 0 Å². The van der Waals surface area contributed by atoms with Crippen LogP contribution in [0, 0.1) is 0 Å². The Labute approximate surface area is 203 Å². The van der Waals surface area contributed by atoms with Gasteiger partial charge in [-0.15, -0.1) is 0 Å². The summed E-state index contributed by atoms with van der Waals surface area (Å²) in [6.45, 7) is 0. The average molecular weight is 445 g/mol. The van der Waals surface area contributed by atoms with Crippen LogP contribution in [0.4, 0.5) is 0 Å². The number of hydrogen-bond donors (Lipinski definition) is 2. The fourth-order valence-electron chi connectivity index (χ4n) is 6.40. The third-order valence-corrected chi connectivity index (χ3v) is 8.43. The maximum Gasteiger partial charge on any atom is 0.0370 e. The first-order chi connectivity index (χ1) is 16.8. The van der Waals surface area contributed by atoms with Crippen molar-refractivity contribution in [2.24, 2.45) is 0 Å². The first kappa shape index (κ1) is 21.3. The van der Waals surface area contributed by atoms with Crippen molar-refractivity contribution in [2.45, 2.75) is 48.6 Å². The van der Waals surface area contributed by atoms with E-state index in [0.717, 1.165) is 25.7 Å². The molecule has 34 heavy (non-hydrogen) atoms. The molecule has 0 aromatic heterocycles. The van der Waals surface area contributed by atoms with Gasteiger partial charge in [0.05, 0.1) is 0 Å². The van der Waals surface area contributed by atoms with Crippen LogP contribution in [0.1, 0.15) is 47.9 Å². The van der Waals surface area contributed by atoms with E-state index in [0.29, 0.717) is 12.1 Å². The van der Waals surface area contributed by atoms with E-state index < -0.39 is 0 Å². The molecule has 0 radical (unpaired) electrons. The minimum atomic E-state index is 0.00141. The molecular formula is C32H32N2. The molecule has 4 aromatic rings. The van der Waals surface area contributed by atoms with Crippen molar-refractivity contribution in [1.29, 1.82) is 0 Å². The molecule has 0 aliphatic heterocycles. The summed E-state index contributed by atoms with van der Waals surface area (Å²) in [6, 6.07) is 44.9. The topological polar surface area (TPSA) is 24.1 Å². The van der Waals surface area contributed by atoms with Crippen molar-refractivity contribution < 1.29 is 0 Å². The summed E-state index contributed by atoms with van der Waals surface area (Å²) < 4.78 is 0. The molecule has 2 atom stereocenters. The molecule has 0 saturated heterocycles. The lowest BCUT2D eigenvalue weighted by atomic mass is 9.56. The Morgan fingerprint density at radius 3 is 0.882 bits per heavy atom. The van der Waals surface area contributed by atoms with Gasteiger partial charge in [0.2, 0.25) is 0 Å². The molecule has 170 valence electrons. The van der Waals surface area contributed by atoms with Gasteiger partial charge in [0.1, 0.15) is 0 Å². The van der Waals surface area contributed by atoms with Crippen molar-refractivity contribution in [3.8, 4) is 0 Å². The van der Waals surface area contributed by atoms with Gasteiger partial charge in [-0.1, -0.05) is 121 Å². The van der Waals surface area contributed by atoms with E-state index in [9.17, 15) is 0 Å². The van der Waals surface area contributed by atoms with Crippen LogP contribution >= 0.6 is 0 Å². The summed E-state index contributed by atoms with van der Waals surface area (Å²) in [5.74, 6) is 0. The van der Waals surface area contributed by atoms with Crippen molar-refractivity contribution in [2.75, 3.05) is 0 Å². The Balaban J connectivity index is 1.30. The van der Waals surface area contributed by atoms with Crippen molar-refractivity contribution in [3.63, 3.8) is 0 Å². The van der Waals surface area contributed by atoms with E-state index in [1.165, 1.54) is 22.3 Å². The summed E-state index contributed by atoms with van der Waals surface area (Å²) in [5.41, 5.74) is 13.3. The van der Waals surface area contributed by atoms with Crippen LogP contribution in [-0.4, -0.2) is 12.1 Å². The Hall–Kier alpha value is -3.20. The third-order valence-electron chi connectivity index (χ3n) is 8.43. The van der Waals surface area contributed by atoms with Crippen LogP contribution in [0.3, 0.4) is 0 Å². The monoisotopic (exact) mass is 444 g/mol. The highest BCUT2D eigenvalue weighted by atomic mass is 15.4. The molecule has 2 unspecified atom stereocenters. The van der Waals surface area contributed by atoms with Crippen LogP contribution in [0.15, 0.2) is 121 Å². The summed E-state index contributed by atoms with van der Waals surface area (Å²) in [6.07, 6.45) is 4.64. The predicted molar refractivity (Wildman–Crippen MR) is 140 cm³/mol. The third kappa shape index (κ3) is 3.33. The van der Waals surface area contributed by atoms with Crippen LogP contribution in [0.2, 0.25) is 0 Å². The smallest absolute Gasteiger partial charge is 0.0370 e. The maximum atomic E-state index is 3.85. The molecule has 2 nitrogen and oxygen atoms in total. The van der Waals surface area contributed by atoms with Crippen LogP contribution in [-0.2, 0) is 10.8 Å². The zero-order chi connectivity index (χ0) is 22.8. The Morgan fingerprint density at radius 2 is 0.676 bits per heavy atom. The van der Waals surface area contributed by atoms with E-state index in [1.54, 1.807) is 0 Å². The number of hydrazine groups is 1. The van der Waals surface area contributed by atoms with E-state index in [4.69, 9.17) is 0 Å². The normalized spacial score (nSPS) is 22.4. The number of benzene rings is 4. The second-order valence-corrected chi connectivity index (χ2v) is 9.88. The molecule has 0 amide bonds. The van der Waals surface area contributed by atoms with Crippen molar-refractivity contribution >= 4 is 0 Å². The fraction of sp³-hybridized carbons (Fsp3) is 0.250. The van der Waals surface area contributed by atoms with Gasteiger partial charge in [-0.2, -0.15) is 0 Å². The molecule has 2 heteroatoms. The largest absolute Gasteiger partial charge is 0.253 e. The highest BCUT2D eigenvalue weighted by Gasteiger charge is 2.52. The minimum Gasteiger partial charge on any atom is -0.253 e. The molecule has 0 spiro atoms. The quantitative estimate of drug-likeness (QED) is 0.323. The predicted octanol–water partition coefficient (Wildman–Crippen LogP) is 6.38. The number of hydrogen-bond acceptors (Lipinski definition) is 2. The van der Waals surface area contributed by atoms with E-state index in [1.807, 2.05) is 0 Å².